The fourth-order valence-electron chi connectivity index (χ4n) is 4.62. The molecule has 2 aliphatic rings. The maximum absolute atomic E-state index is 13.2. The summed E-state index contributed by atoms with van der Waals surface area (Å²) in [5.74, 6) is 0.682. The molecule has 0 N–H and O–H groups in total. The first-order valence-corrected chi connectivity index (χ1v) is 11.4. The highest BCUT2D eigenvalue weighted by molar-refractivity contribution is 7.18. The Kier molecular flexibility index (Phi) is 5.34. The molecule has 5 nitrogen and oxygen atoms in total. The third-order valence-corrected chi connectivity index (χ3v) is 7.69. The van der Waals surface area contributed by atoms with Gasteiger partial charge < -0.3 is 4.90 Å². The van der Waals surface area contributed by atoms with Crippen molar-refractivity contribution in [1.29, 1.82) is 0 Å². The molecule has 1 fully saturated rings. The van der Waals surface area contributed by atoms with E-state index in [2.05, 4.69) is 25.8 Å². The first-order chi connectivity index (χ1) is 13.3. The van der Waals surface area contributed by atoms with Crippen LogP contribution in [-0.2, 0) is 24.2 Å². The molecular weight excluding hydrogens is 370 g/mol. The van der Waals surface area contributed by atoms with E-state index >= 15 is 0 Å². The topological polar surface area (TPSA) is 55.2 Å². The number of fused-ring (bicyclic) bond motifs is 3. The highest BCUT2D eigenvalue weighted by Crippen LogP contribution is 2.41. The molecule has 6 heteroatoms. The molecule has 1 atom stereocenters. The van der Waals surface area contributed by atoms with Crippen LogP contribution in [0.15, 0.2) is 11.1 Å². The summed E-state index contributed by atoms with van der Waals surface area (Å²) in [4.78, 5) is 34.6. The molecule has 0 spiro atoms. The zero-order valence-corrected chi connectivity index (χ0v) is 18.1. The fraction of sp³-hybridized carbons (Fsp3) is 0.682. The maximum atomic E-state index is 13.2. The monoisotopic (exact) mass is 401 g/mol. The van der Waals surface area contributed by atoms with Gasteiger partial charge in [-0.1, -0.05) is 33.6 Å². The summed E-state index contributed by atoms with van der Waals surface area (Å²) in [7, 11) is 0. The van der Waals surface area contributed by atoms with Crippen LogP contribution < -0.4 is 5.56 Å². The van der Waals surface area contributed by atoms with E-state index in [1.54, 1.807) is 17.7 Å². The summed E-state index contributed by atoms with van der Waals surface area (Å²) in [5, 5.41) is 0.763. The van der Waals surface area contributed by atoms with E-state index in [4.69, 9.17) is 0 Å². The van der Waals surface area contributed by atoms with Gasteiger partial charge in [-0.3, -0.25) is 14.2 Å². The minimum absolute atomic E-state index is 0.0418. The number of aryl methyl sites for hydroxylation is 1. The van der Waals surface area contributed by atoms with Gasteiger partial charge in [-0.15, -0.1) is 11.3 Å². The standard InChI is InChI=1S/C22H31N3O2S/c1-22(2,3)15-8-9-16-17(12-15)28-20-19(16)21(27)25(14-23-20)13-18(26)24-10-6-4-5-7-11-24/h14-15H,4-13H2,1-3H3/t15-/m0/s1. The molecule has 4 rings (SSSR count). The van der Waals surface area contributed by atoms with E-state index in [1.807, 2.05) is 4.90 Å². The van der Waals surface area contributed by atoms with E-state index in [9.17, 15) is 9.59 Å². The van der Waals surface area contributed by atoms with E-state index < -0.39 is 0 Å². The number of nitrogens with zero attached hydrogens (tertiary/aromatic N) is 3. The predicted octanol–water partition coefficient (Wildman–Crippen LogP) is 4.01. The van der Waals surface area contributed by atoms with Crippen LogP contribution in [-0.4, -0.2) is 33.4 Å². The molecule has 0 radical (unpaired) electrons. The van der Waals surface area contributed by atoms with E-state index in [0.29, 0.717) is 5.92 Å². The number of thiophene rings is 1. The number of carbonyl (C=O) groups excluding carboxylic acids is 1. The number of amides is 1. The molecule has 2 aromatic rings. The van der Waals surface area contributed by atoms with E-state index in [1.165, 1.54) is 27.8 Å². The number of hydrogen-bond donors (Lipinski definition) is 0. The lowest BCUT2D eigenvalue weighted by atomic mass is 9.72. The Bertz CT molecular complexity index is 930. The summed E-state index contributed by atoms with van der Waals surface area (Å²) < 4.78 is 1.53. The van der Waals surface area contributed by atoms with Gasteiger partial charge in [0.2, 0.25) is 5.91 Å². The summed E-state index contributed by atoms with van der Waals surface area (Å²) in [6.07, 6.45) is 9.16. The van der Waals surface area contributed by atoms with Crippen molar-refractivity contribution in [1.82, 2.24) is 14.5 Å². The normalized spacial score (nSPS) is 20.8. The van der Waals surface area contributed by atoms with Gasteiger partial charge in [-0.25, -0.2) is 4.98 Å². The van der Waals surface area contributed by atoms with Crippen molar-refractivity contribution in [2.45, 2.75) is 72.3 Å². The SMILES string of the molecule is CC(C)(C)[C@H]1CCc2c(sc3ncn(CC(=O)N4CCCCCC4)c(=O)c23)C1. The van der Waals surface area contributed by atoms with Crippen LogP contribution in [0.5, 0.6) is 0 Å². The molecule has 1 aliphatic carbocycles. The van der Waals surface area contributed by atoms with Gasteiger partial charge >= 0.3 is 0 Å². The first kappa shape index (κ1) is 19.6. The van der Waals surface area contributed by atoms with Gasteiger partial charge in [-0.05, 0) is 49.0 Å². The molecule has 3 heterocycles. The van der Waals surface area contributed by atoms with Crippen molar-refractivity contribution in [2.75, 3.05) is 13.1 Å². The van der Waals surface area contributed by atoms with Crippen molar-refractivity contribution >= 4 is 27.5 Å². The Morgan fingerprint density at radius 2 is 1.93 bits per heavy atom. The second-order valence-electron chi connectivity index (χ2n) is 9.46. The van der Waals surface area contributed by atoms with Crippen molar-refractivity contribution in [2.24, 2.45) is 11.3 Å². The molecule has 28 heavy (non-hydrogen) atoms. The second-order valence-corrected chi connectivity index (χ2v) is 10.5. The highest BCUT2D eigenvalue weighted by atomic mass is 32.1. The van der Waals surface area contributed by atoms with Crippen molar-refractivity contribution in [3.05, 3.63) is 27.1 Å². The largest absolute Gasteiger partial charge is 0.341 e. The molecule has 2 aromatic heterocycles. The predicted molar refractivity (Wildman–Crippen MR) is 114 cm³/mol. The van der Waals surface area contributed by atoms with Crippen LogP contribution in [0.1, 0.15) is 63.3 Å². The number of likely N-dealkylation sites (tertiary alicyclic amines) is 1. The number of hydrogen-bond acceptors (Lipinski definition) is 4. The molecule has 0 saturated carbocycles. The van der Waals surface area contributed by atoms with Gasteiger partial charge in [0, 0.05) is 18.0 Å². The smallest absolute Gasteiger partial charge is 0.262 e. The Morgan fingerprint density at radius 1 is 1.21 bits per heavy atom. The Hall–Kier alpha value is -1.69. The molecule has 152 valence electrons. The zero-order chi connectivity index (χ0) is 19.9. The quantitative estimate of drug-likeness (QED) is 0.764. The molecular formula is C22H31N3O2S. The van der Waals surface area contributed by atoms with Gasteiger partial charge in [0.1, 0.15) is 11.4 Å². The van der Waals surface area contributed by atoms with Gasteiger partial charge in [0.05, 0.1) is 11.7 Å². The number of aromatic nitrogens is 2. The van der Waals surface area contributed by atoms with Crippen LogP contribution in [0.2, 0.25) is 0 Å². The van der Waals surface area contributed by atoms with Crippen molar-refractivity contribution in [3.8, 4) is 0 Å². The minimum Gasteiger partial charge on any atom is -0.341 e. The second kappa shape index (κ2) is 7.62. The third-order valence-electron chi connectivity index (χ3n) is 6.52. The summed E-state index contributed by atoms with van der Waals surface area (Å²) in [5.41, 5.74) is 1.43. The minimum atomic E-state index is -0.0418. The van der Waals surface area contributed by atoms with Crippen LogP contribution in [0.4, 0.5) is 0 Å². The van der Waals surface area contributed by atoms with Crippen LogP contribution in [0.25, 0.3) is 10.2 Å². The Morgan fingerprint density at radius 3 is 2.61 bits per heavy atom. The average molecular weight is 402 g/mol. The van der Waals surface area contributed by atoms with Crippen molar-refractivity contribution in [3.63, 3.8) is 0 Å². The lowest BCUT2D eigenvalue weighted by molar-refractivity contribution is -0.131. The van der Waals surface area contributed by atoms with Gasteiger partial charge in [0.15, 0.2) is 0 Å². The lowest BCUT2D eigenvalue weighted by Gasteiger charge is -2.33. The number of rotatable bonds is 2. The average Bonchev–Trinajstić information content (AvgIpc) is 2.82. The Labute approximate surface area is 170 Å². The van der Waals surface area contributed by atoms with Gasteiger partial charge in [-0.2, -0.15) is 0 Å². The van der Waals surface area contributed by atoms with E-state index in [-0.39, 0.29) is 23.4 Å². The highest BCUT2D eigenvalue weighted by Gasteiger charge is 2.31. The van der Waals surface area contributed by atoms with Crippen LogP contribution >= 0.6 is 11.3 Å². The van der Waals surface area contributed by atoms with Gasteiger partial charge in [0.25, 0.3) is 5.56 Å². The maximum Gasteiger partial charge on any atom is 0.262 e. The molecule has 1 aliphatic heterocycles. The molecule has 0 unspecified atom stereocenters. The van der Waals surface area contributed by atoms with Crippen LogP contribution in [0, 0.1) is 11.3 Å². The Balaban J connectivity index is 1.61. The number of carbonyl (C=O) groups is 1. The molecule has 0 aromatic carbocycles. The first-order valence-electron chi connectivity index (χ1n) is 10.6. The third kappa shape index (κ3) is 3.76. The molecule has 1 saturated heterocycles. The summed E-state index contributed by atoms with van der Waals surface area (Å²) in [6, 6.07) is 0. The fourth-order valence-corrected chi connectivity index (χ4v) is 5.88. The van der Waals surface area contributed by atoms with Crippen LogP contribution in [0.3, 0.4) is 0 Å². The zero-order valence-electron chi connectivity index (χ0n) is 17.3. The summed E-state index contributed by atoms with van der Waals surface area (Å²) in [6.45, 7) is 8.63. The molecule has 0 bridgehead atoms. The summed E-state index contributed by atoms with van der Waals surface area (Å²) >= 11 is 1.67. The molecule has 1 amide bonds. The van der Waals surface area contributed by atoms with E-state index in [0.717, 1.165) is 55.4 Å². The lowest BCUT2D eigenvalue weighted by Crippen LogP contribution is -2.37. The van der Waals surface area contributed by atoms with Crippen molar-refractivity contribution < 1.29 is 4.79 Å².